The summed E-state index contributed by atoms with van der Waals surface area (Å²) in [6.07, 6.45) is -4.28. The molecule has 1 atom stereocenters. The molecule has 116 valence electrons. The van der Waals surface area contributed by atoms with Crippen LogP contribution in [0.15, 0.2) is 6.07 Å². The van der Waals surface area contributed by atoms with E-state index in [0.717, 1.165) is 13.2 Å². The summed E-state index contributed by atoms with van der Waals surface area (Å²) in [5.41, 5.74) is 0.0987. The largest absolute Gasteiger partial charge is 0.494 e. The van der Waals surface area contributed by atoms with E-state index >= 15 is 0 Å². The standard InChI is InChI=1S/C13H12F5NO2/c1-21-9-5-7-6(10(14)11(9)15)3-2-4-8(7)19-12(20)13(16,17)18/h5,8H,2-4H2,1H3,(H,19,20). The van der Waals surface area contributed by atoms with Gasteiger partial charge in [0, 0.05) is 0 Å². The Morgan fingerprint density at radius 2 is 2.00 bits per heavy atom. The highest BCUT2D eigenvalue weighted by atomic mass is 19.4. The first-order chi connectivity index (χ1) is 9.75. The second-order valence-electron chi connectivity index (χ2n) is 4.69. The fraction of sp³-hybridized carbons (Fsp3) is 0.462. The van der Waals surface area contributed by atoms with Crippen LogP contribution in [0.4, 0.5) is 22.0 Å². The summed E-state index contributed by atoms with van der Waals surface area (Å²) >= 11 is 0. The van der Waals surface area contributed by atoms with Crippen LogP contribution in [0, 0.1) is 11.6 Å². The highest BCUT2D eigenvalue weighted by Gasteiger charge is 2.41. The number of nitrogens with one attached hydrogen (secondary N) is 1. The van der Waals surface area contributed by atoms with Crippen LogP contribution in [0.1, 0.15) is 30.0 Å². The van der Waals surface area contributed by atoms with Gasteiger partial charge in [-0.2, -0.15) is 17.6 Å². The van der Waals surface area contributed by atoms with Crippen molar-refractivity contribution in [2.24, 2.45) is 0 Å². The number of rotatable bonds is 2. The molecule has 8 heteroatoms. The predicted molar refractivity (Wildman–Crippen MR) is 62.8 cm³/mol. The normalized spacial score (nSPS) is 18.1. The average Bonchev–Trinajstić information content (AvgIpc) is 2.42. The van der Waals surface area contributed by atoms with Crippen molar-refractivity contribution in [3.8, 4) is 5.75 Å². The number of hydrogen-bond donors (Lipinski definition) is 1. The van der Waals surface area contributed by atoms with E-state index in [4.69, 9.17) is 0 Å². The zero-order valence-electron chi connectivity index (χ0n) is 11.0. The number of methoxy groups -OCH3 is 1. The van der Waals surface area contributed by atoms with Crippen LogP contribution in [0.2, 0.25) is 0 Å². The van der Waals surface area contributed by atoms with Gasteiger partial charge in [0.25, 0.3) is 0 Å². The summed E-state index contributed by atoms with van der Waals surface area (Å²) in [6, 6.07) is 0.112. The molecule has 0 bridgehead atoms. The molecule has 0 spiro atoms. The Hall–Kier alpha value is -1.86. The minimum Gasteiger partial charge on any atom is -0.494 e. The van der Waals surface area contributed by atoms with Gasteiger partial charge in [-0.15, -0.1) is 0 Å². The zero-order valence-corrected chi connectivity index (χ0v) is 11.0. The molecule has 1 aliphatic rings. The molecule has 1 amide bonds. The van der Waals surface area contributed by atoms with Crippen LogP contribution >= 0.6 is 0 Å². The molecule has 0 radical (unpaired) electrons. The number of alkyl halides is 3. The fourth-order valence-electron chi connectivity index (χ4n) is 2.40. The third-order valence-corrected chi connectivity index (χ3v) is 3.39. The SMILES string of the molecule is COc1cc2c(c(F)c1F)CCCC2NC(=O)C(F)(F)F. The van der Waals surface area contributed by atoms with Gasteiger partial charge in [0.05, 0.1) is 13.2 Å². The van der Waals surface area contributed by atoms with Crippen molar-refractivity contribution in [3.63, 3.8) is 0 Å². The van der Waals surface area contributed by atoms with E-state index in [1.54, 1.807) is 5.32 Å². The number of amides is 1. The smallest absolute Gasteiger partial charge is 0.471 e. The fourth-order valence-corrected chi connectivity index (χ4v) is 2.40. The molecule has 1 aliphatic carbocycles. The van der Waals surface area contributed by atoms with Gasteiger partial charge in [0.15, 0.2) is 11.6 Å². The minimum absolute atomic E-state index is 0.0213. The first kappa shape index (κ1) is 15.5. The van der Waals surface area contributed by atoms with Crippen molar-refractivity contribution in [2.75, 3.05) is 7.11 Å². The third kappa shape index (κ3) is 2.93. The number of carbonyl (C=O) groups is 1. The maximum Gasteiger partial charge on any atom is 0.471 e. The number of hydrogen-bond acceptors (Lipinski definition) is 2. The van der Waals surface area contributed by atoms with Crippen molar-refractivity contribution in [1.82, 2.24) is 5.32 Å². The van der Waals surface area contributed by atoms with Gasteiger partial charge in [-0.3, -0.25) is 4.79 Å². The third-order valence-electron chi connectivity index (χ3n) is 3.39. The van der Waals surface area contributed by atoms with Gasteiger partial charge in [0.1, 0.15) is 0 Å². The average molecular weight is 309 g/mol. The van der Waals surface area contributed by atoms with Gasteiger partial charge in [-0.25, -0.2) is 4.39 Å². The zero-order chi connectivity index (χ0) is 15.8. The van der Waals surface area contributed by atoms with Gasteiger partial charge in [0.2, 0.25) is 5.82 Å². The Bertz CT molecular complexity index is 571. The van der Waals surface area contributed by atoms with Crippen LogP contribution in [-0.4, -0.2) is 19.2 Å². The quantitative estimate of drug-likeness (QED) is 0.853. The Balaban J connectivity index is 2.39. The van der Waals surface area contributed by atoms with E-state index in [1.165, 1.54) is 0 Å². The molecule has 2 rings (SSSR count). The molecular weight excluding hydrogens is 297 g/mol. The summed E-state index contributed by atoms with van der Waals surface area (Å²) in [5.74, 6) is -4.84. The summed E-state index contributed by atoms with van der Waals surface area (Å²) in [7, 11) is 1.12. The van der Waals surface area contributed by atoms with E-state index in [0.29, 0.717) is 6.42 Å². The molecule has 3 nitrogen and oxygen atoms in total. The van der Waals surface area contributed by atoms with Gasteiger partial charge in [-0.1, -0.05) is 0 Å². The minimum atomic E-state index is -5.03. The maximum absolute atomic E-state index is 13.9. The highest BCUT2D eigenvalue weighted by Crippen LogP contribution is 2.36. The van der Waals surface area contributed by atoms with Crippen LogP contribution in [0.25, 0.3) is 0 Å². The Labute approximate surface area is 117 Å². The highest BCUT2D eigenvalue weighted by molar-refractivity contribution is 5.82. The molecule has 0 aromatic heterocycles. The van der Waals surface area contributed by atoms with Crippen molar-refractivity contribution in [3.05, 3.63) is 28.8 Å². The first-order valence-electron chi connectivity index (χ1n) is 6.18. The van der Waals surface area contributed by atoms with Gasteiger partial charge < -0.3 is 10.1 Å². The summed E-state index contributed by atoms with van der Waals surface area (Å²) in [6.45, 7) is 0. The molecule has 1 N–H and O–H groups in total. The van der Waals surface area contributed by atoms with Crippen molar-refractivity contribution in [2.45, 2.75) is 31.5 Å². The molecule has 0 saturated carbocycles. The van der Waals surface area contributed by atoms with E-state index in [-0.39, 0.29) is 24.0 Å². The summed E-state index contributed by atoms with van der Waals surface area (Å²) < 4.78 is 69.0. The van der Waals surface area contributed by atoms with Crippen molar-refractivity contribution in [1.29, 1.82) is 0 Å². The number of benzene rings is 1. The van der Waals surface area contributed by atoms with Crippen LogP contribution < -0.4 is 10.1 Å². The van der Waals surface area contributed by atoms with Crippen LogP contribution in [-0.2, 0) is 11.2 Å². The molecule has 0 heterocycles. The summed E-state index contributed by atoms with van der Waals surface area (Å²) in [5, 5.41) is 1.80. The van der Waals surface area contributed by atoms with E-state index < -0.39 is 35.5 Å². The van der Waals surface area contributed by atoms with E-state index in [1.807, 2.05) is 0 Å². The number of halogens is 5. The lowest BCUT2D eigenvalue weighted by molar-refractivity contribution is -0.174. The molecule has 1 aromatic rings. The van der Waals surface area contributed by atoms with Crippen LogP contribution in [0.5, 0.6) is 5.75 Å². The lowest BCUT2D eigenvalue weighted by Gasteiger charge is -2.27. The second kappa shape index (κ2) is 5.50. The molecule has 1 unspecified atom stereocenters. The molecular formula is C13H12F5NO2. The first-order valence-corrected chi connectivity index (χ1v) is 6.18. The molecule has 0 aliphatic heterocycles. The number of fused-ring (bicyclic) bond motifs is 1. The summed E-state index contributed by atoms with van der Waals surface area (Å²) in [4.78, 5) is 11.0. The second-order valence-corrected chi connectivity index (χ2v) is 4.69. The monoisotopic (exact) mass is 309 g/mol. The van der Waals surface area contributed by atoms with Crippen molar-refractivity contribution < 1.29 is 31.5 Å². The maximum atomic E-state index is 13.9. The predicted octanol–water partition coefficient (Wildman–Crippen LogP) is 3.03. The lowest BCUT2D eigenvalue weighted by Crippen LogP contribution is -2.40. The molecule has 1 aromatic carbocycles. The van der Waals surface area contributed by atoms with Crippen molar-refractivity contribution >= 4 is 5.91 Å². The van der Waals surface area contributed by atoms with E-state index in [9.17, 15) is 26.7 Å². The number of carbonyl (C=O) groups excluding carboxylic acids is 1. The topological polar surface area (TPSA) is 38.3 Å². The Morgan fingerprint density at radius 1 is 1.33 bits per heavy atom. The molecule has 0 saturated heterocycles. The molecule has 0 fully saturated rings. The van der Waals surface area contributed by atoms with Crippen LogP contribution in [0.3, 0.4) is 0 Å². The Kier molecular flexibility index (Phi) is 4.06. The lowest BCUT2D eigenvalue weighted by atomic mass is 9.87. The van der Waals surface area contributed by atoms with Gasteiger partial charge >= 0.3 is 12.1 Å². The Morgan fingerprint density at radius 3 is 2.57 bits per heavy atom. The van der Waals surface area contributed by atoms with E-state index in [2.05, 4.69) is 4.74 Å². The van der Waals surface area contributed by atoms with Gasteiger partial charge in [-0.05, 0) is 36.5 Å². The molecule has 21 heavy (non-hydrogen) atoms. The number of ether oxygens (including phenoxy) is 1.